The summed E-state index contributed by atoms with van der Waals surface area (Å²) in [4.78, 5) is 11.9. The Labute approximate surface area is 121 Å². The first-order valence-electron chi connectivity index (χ1n) is 7.27. The van der Waals surface area contributed by atoms with Crippen LogP contribution in [0, 0.1) is 11.3 Å². The predicted octanol–water partition coefficient (Wildman–Crippen LogP) is 1.83. The third-order valence-electron chi connectivity index (χ3n) is 3.71. The Morgan fingerprint density at radius 2 is 2.15 bits per heavy atom. The van der Waals surface area contributed by atoms with E-state index in [1.807, 2.05) is 13.2 Å². The molecule has 0 aliphatic carbocycles. The van der Waals surface area contributed by atoms with Crippen LogP contribution in [0.4, 0.5) is 0 Å². The maximum absolute atomic E-state index is 11.9. The van der Waals surface area contributed by atoms with E-state index in [4.69, 9.17) is 5.73 Å². The van der Waals surface area contributed by atoms with Gasteiger partial charge in [0.2, 0.25) is 5.91 Å². The van der Waals surface area contributed by atoms with E-state index in [9.17, 15) is 4.79 Å². The quantitative estimate of drug-likeness (QED) is 0.800. The molecule has 1 amide bonds. The van der Waals surface area contributed by atoms with Gasteiger partial charge in [-0.1, -0.05) is 20.8 Å². The van der Waals surface area contributed by atoms with Crippen LogP contribution in [0.25, 0.3) is 0 Å². The molecule has 0 spiro atoms. The van der Waals surface area contributed by atoms with Crippen molar-refractivity contribution >= 4 is 5.91 Å². The van der Waals surface area contributed by atoms with E-state index in [1.165, 1.54) is 0 Å². The number of carbonyl (C=O) groups excluding carboxylic acids is 1. The number of hydrogen-bond acceptors (Lipinski definition) is 3. The van der Waals surface area contributed by atoms with Gasteiger partial charge in [-0.2, -0.15) is 5.10 Å². The maximum atomic E-state index is 11.9. The molecular formula is C15H28N4O. The molecule has 114 valence electrons. The average Bonchev–Trinajstić information content (AvgIpc) is 2.76. The molecule has 0 radical (unpaired) electrons. The van der Waals surface area contributed by atoms with E-state index in [0.717, 1.165) is 18.4 Å². The predicted molar refractivity (Wildman–Crippen MR) is 80.9 cm³/mol. The van der Waals surface area contributed by atoms with Crippen LogP contribution in [-0.4, -0.2) is 22.2 Å². The average molecular weight is 280 g/mol. The fraction of sp³-hybridized carbons (Fsp3) is 0.733. The zero-order valence-corrected chi connectivity index (χ0v) is 13.1. The molecule has 0 bridgehead atoms. The Balaban J connectivity index is 2.34. The van der Waals surface area contributed by atoms with Crippen LogP contribution >= 0.6 is 0 Å². The Bertz CT molecular complexity index is 420. The number of carbonyl (C=O) groups is 1. The van der Waals surface area contributed by atoms with E-state index in [-0.39, 0.29) is 11.3 Å². The van der Waals surface area contributed by atoms with Gasteiger partial charge in [0.15, 0.2) is 0 Å². The van der Waals surface area contributed by atoms with Crippen molar-refractivity contribution in [3.8, 4) is 0 Å². The minimum atomic E-state index is 0.0973. The van der Waals surface area contributed by atoms with E-state index in [2.05, 4.69) is 31.2 Å². The summed E-state index contributed by atoms with van der Waals surface area (Å²) in [6.07, 6.45) is 6.10. The SMILES string of the molecule is Cn1cc(CNC(=O)CCC(CCN)C(C)(C)C)cn1. The minimum Gasteiger partial charge on any atom is -0.352 e. The van der Waals surface area contributed by atoms with Crippen molar-refractivity contribution in [2.75, 3.05) is 6.54 Å². The Kier molecular flexibility index (Phi) is 6.20. The Hall–Kier alpha value is -1.36. The summed E-state index contributed by atoms with van der Waals surface area (Å²) in [5.74, 6) is 0.580. The molecule has 20 heavy (non-hydrogen) atoms. The second-order valence-corrected chi connectivity index (χ2v) is 6.48. The molecule has 0 aromatic carbocycles. The normalized spacial score (nSPS) is 13.2. The highest BCUT2D eigenvalue weighted by atomic mass is 16.1. The van der Waals surface area contributed by atoms with Gasteiger partial charge < -0.3 is 11.1 Å². The first-order chi connectivity index (χ1) is 9.32. The van der Waals surface area contributed by atoms with Gasteiger partial charge in [0, 0.05) is 31.8 Å². The summed E-state index contributed by atoms with van der Waals surface area (Å²) >= 11 is 0. The number of aryl methyl sites for hydroxylation is 1. The minimum absolute atomic E-state index is 0.0973. The molecule has 0 aliphatic rings. The van der Waals surface area contributed by atoms with Crippen LogP contribution in [0.1, 0.15) is 45.6 Å². The van der Waals surface area contributed by atoms with E-state index >= 15 is 0 Å². The van der Waals surface area contributed by atoms with Crippen LogP contribution in [-0.2, 0) is 18.4 Å². The summed E-state index contributed by atoms with van der Waals surface area (Å²) in [6, 6.07) is 0. The van der Waals surface area contributed by atoms with E-state index in [0.29, 0.717) is 25.4 Å². The number of nitrogens with one attached hydrogen (secondary N) is 1. The van der Waals surface area contributed by atoms with Gasteiger partial charge in [0.25, 0.3) is 0 Å². The van der Waals surface area contributed by atoms with Gasteiger partial charge in [0.1, 0.15) is 0 Å². The summed E-state index contributed by atoms with van der Waals surface area (Å²) in [5, 5.41) is 7.01. The van der Waals surface area contributed by atoms with Gasteiger partial charge >= 0.3 is 0 Å². The molecular weight excluding hydrogens is 252 g/mol. The van der Waals surface area contributed by atoms with Gasteiger partial charge in [0.05, 0.1) is 6.20 Å². The summed E-state index contributed by atoms with van der Waals surface area (Å²) in [6.45, 7) is 7.85. The molecule has 0 fully saturated rings. The molecule has 1 unspecified atom stereocenters. The van der Waals surface area contributed by atoms with Crippen molar-refractivity contribution in [2.24, 2.45) is 24.1 Å². The summed E-state index contributed by atoms with van der Waals surface area (Å²) in [7, 11) is 1.87. The number of aromatic nitrogens is 2. The lowest BCUT2D eigenvalue weighted by Gasteiger charge is -2.30. The topological polar surface area (TPSA) is 72.9 Å². The number of amides is 1. The van der Waals surface area contributed by atoms with Gasteiger partial charge in [-0.3, -0.25) is 9.48 Å². The lowest BCUT2D eigenvalue weighted by molar-refractivity contribution is -0.121. The van der Waals surface area contributed by atoms with Crippen molar-refractivity contribution < 1.29 is 4.79 Å². The Morgan fingerprint density at radius 1 is 1.45 bits per heavy atom. The fourth-order valence-corrected chi connectivity index (χ4v) is 2.37. The van der Waals surface area contributed by atoms with Crippen LogP contribution < -0.4 is 11.1 Å². The number of rotatable bonds is 7. The van der Waals surface area contributed by atoms with Crippen LogP contribution in [0.15, 0.2) is 12.4 Å². The van der Waals surface area contributed by atoms with Crippen molar-refractivity contribution in [1.82, 2.24) is 15.1 Å². The molecule has 1 heterocycles. The molecule has 0 saturated carbocycles. The second-order valence-electron chi connectivity index (χ2n) is 6.48. The second kappa shape index (κ2) is 7.43. The molecule has 5 nitrogen and oxygen atoms in total. The molecule has 3 N–H and O–H groups in total. The third-order valence-corrected chi connectivity index (χ3v) is 3.71. The molecule has 1 aromatic rings. The fourth-order valence-electron chi connectivity index (χ4n) is 2.37. The molecule has 1 atom stereocenters. The highest BCUT2D eigenvalue weighted by Gasteiger charge is 2.24. The molecule has 5 heteroatoms. The van der Waals surface area contributed by atoms with Crippen LogP contribution in [0.3, 0.4) is 0 Å². The molecule has 0 aliphatic heterocycles. The van der Waals surface area contributed by atoms with Crippen molar-refractivity contribution in [3.05, 3.63) is 18.0 Å². The lowest BCUT2D eigenvalue weighted by Crippen LogP contribution is -2.27. The molecule has 0 saturated heterocycles. The first kappa shape index (κ1) is 16.7. The van der Waals surface area contributed by atoms with Crippen LogP contribution in [0.2, 0.25) is 0 Å². The van der Waals surface area contributed by atoms with Crippen molar-refractivity contribution in [2.45, 2.75) is 46.6 Å². The van der Waals surface area contributed by atoms with Gasteiger partial charge in [-0.25, -0.2) is 0 Å². The lowest BCUT2D eigenvalue weighted by atomic mass is 9.76. The molecule has 1 rings (SSSR count). The number of nitrogens with two attached hydrogens (primary N) is 1. The van der Waals surface area contributed by atoms with E-state index in [1.54, 1.807) is 10.9 Å². The van der Waals surface area contributed by atoms with Crippen molar-refractivity contribution in [1.29, 1.82) is 0 Å². The maximum Gasteiger partial charge on any atom is 0.220 e. The van der Waals surface area contributed by atoms with Gasteiger partial charge in [-0.15, -0.1) is 0 Å². The molecule has 1 aromatic heterocycles. The number of hydrogen-bond donors (Lipinski definition) is 2. The van der Waals surface area contributed by atoms with Gasteiger partial charge in [-0.05, 0) is 30.7 Å². The number of nitrogens with zero attached hydrogens (tertiary/aromatic N) is 2. The summed E-state index contributed by atoms with van der Waals surface area (Å²) in [5.41, 5.74) is 6.88. The van der Waals surface area contributed by atoms with E-state index < -0.39 is 0 Å². The largest absolute Gasteiger partial charge is 0.352 e. The first-order valence-corrected chi connectivity index (χ1v) is 7.27. The highest BCUT2D eigenvalue weighted by Crippen LogP contribution is 2.31. The Morgan fingerprint density at radius 3 is 2.65 bits per heavy atom. The standard InChI is InChI=1S/C15H28N4O/c1-15(2,3)13(7-8-16)5-6-14(20)17-9-12-10-18-19(4)11-12/h10-11,13H,5-9,16H2,1-4H3,(H,17,20). The summed E-state index contributed by atoms with van der Waals surface area (Å²) < 4.78 is 1.73. The zero-order valence-electron chi connectivity index (χ0n) is 13.1. The zero-order chi connectivity index (χ0) is 15.2. The van der Waals surface area contributed by atoms with Crippen molar-refractivity contribution in [3.63, 3.8) is 0 Å². The highest BCUT2D eigenvalue weighted by molar-refractivity contribution is 5.75. The monoisotopic (exact) mass is 280 g/mol. The van der Waals surface area contributed by atoms with Crippen LogP contribution in [0.5, 0.6) is 0 Å². The smallest absolute Gasteiger partial charge is 0.220 e. The third kappa shape index (κ3) is 5.74.